The number of nitrogens with zero attached hydrogens (tertiary/aromatic N) is 1. The SMILES string of the molecule is CCC(C)(C)CC[C@](C)(CCC(=O)NC1CCCCC1)CC[C@]1(C)C(C)C(=O)C=C2[C@@]3(C)C=C(C#N)C(=O)C(C)(C)[C@@H]3CC[C@]21C. The zero-order valence-electron chi connectivity index (χ0n) is 31.0. The Labute approximate surface area is 280 Å². The van der Waals surface area contributed by atoms with Crippen molar-refractivity contribution < 1.29 is 14.4 Å². The highest BCUT2D eigenvalue weighted by Gasteiger charge is 2.64. The van der Waals surface area contributed by atoms with Crippen molar-refractivity contribution in [3.05, 3.63) is 23.3 Å². The third-order valence-corrected chi connectivity index (χ3v) is 14.6. The number of hydrogen-bond acceptors (Lipinski definition) is 4. The third-order valence-electron chi connectivity index (χ3n) is 14.6. The van der Waals surface area contributed by atoms with E-state index in [1.807, 2.05) is 26.0 Å². The number of ketones is 2. The lowest BCUT2D eigenvalue weighted by molar-refractivity contribution is -0.137. The van der Waals surface area contributed by atoms with Crippen molar-refractivity contribution >= 4 is 17.5 Å². The number of carbonyl (C=O) groups is 3. The van der Waals surface area contributed by atoms with E-state index < -0.39 is 10.8 Å². The summed E-state index contributed by atoms with van der Waals surface area (Å²) in [6.07, 6.45) is 18.1. The first-order chi connectivity index (χ1) is 21.3. The molecule has 4 aliphatic carbocycles. The Kier molecular flexibility index (Phi) is 10.4. The maximum absolute atomic E-state index is 13.9. The molecule has 2 saturated carbocycles. The van der Waals surface area contributed by atoms with Crippen LogP contribution in [-0.2, 0) is 14.4 Å². The molecule has 0 radical (unpaired) electrons. The number of nitrogens with one attached hydrogen (secondary N) is 1. The predicted molar refractivity (Wildman–Crippen MR) is 187 cm³/mol. The van der Waals surface area contributed by atoms with Crippen LogP contribution in [0.3, 0.4) is 0 Å². The van der Waals surface area contributed by atoms with E-state index >= 15 is 0 Å². The van der Waals surface area contributed by atoms with Crippen LogP contribution in [0.25, 0.3) is 0 Å². The van der Waals surface area contributed by atoms with Crippen molar-refractivity contribution in [3.63, 3.8) is 0 Å². The quantitative estimate of drug-likeness (QED) is 0.246. The largest absolute Gasteiger partial charge is 0.353 e. The average Bonchev–Trinajstić information content (AvgIpc) is 3.01. The molecule has 5 nitrogen and oxygen atoms in total. The molecule has 4 rings (SSSR count). The second kappa shape index (κ2) is 13.0. The summed E-state index contributed by atoms with van der Waals surface area (Å²) in [7, 11) is 0. The van der Waals surface area contributed by atoms with Crippen LogP contribution in [-0.4, -0.2) is 23.5 Å². The highest BCUT2D eigenvalue weighted by Crippen LogP contribution is 2.70. The number of Topliss-reactive ketones (excluding diaryl/α,β-unsaturated/α-hetero) is 1. The Morgan fingerprint density at radius 3 is 2.24 bits per heavy atom. The normalized spacial score (nSPS) is 34.4. The molecule has 4 aliphatic rings. The van der Waals surface area contributed by atoms with E-state index in [1.165, 1.54) is 19.3 Å². The monoisotopic (exact) mass is 632 g/mol. The summed E-state index contributed by atoms with van der Waals surface area (Å²) >= 11 is 0. The molecular weight excluding hydrogens is 568 g/mol. The van der Waals surface area contributed by atoms with Crippen LogP contribution < -0.4 is 5.32 Å². The van der Waals surface area contributed by atoms with Gasteiger partial charge >= 0.3 is 0 Å². The number of allylic oxidation sites excluding steroid dienone is 4. The molecule has 256 valence electrons. The van der Waals surface area contributed by atoms with Gasteiger partial charge in [-0.25, -0.2) is 0 Å². The predicted octanol–water partition coefficient (Wildman–Crippen LogP) is 9.85. The van der Waals surface area contributed by atoms with E-state index in [0.717, 1.165) is 69.8 Å². The lowest BCUT2D eigenvalue weighted by Crippen LogP contribution is -2.59. The van der Waals surface area contributed by atoms with Crippen LogP contribution >= 0.6 is 0 Å². The third kappa shape index (κ3) is 6.58. The number of amides is 1. The zero-order valence-corrected chi connectivity index (χ0v) is 31.0. The molecule has 0 aromatic rings. The summed E-state index contributed by atoms with van der Waals surface area (Å²) in [5.74, 6) is 0.194. The van der Waals surface area contributed by atoms with Gasteiger partial charge in [0.2, 0.25) is 5.91 Å². The summed E-state index contributed by atoms with van der Waals surface area (Å²) in [5, 5.41) is 13.3. The maximum atomic E-state index is 13.9. The second-order valence-corrected chi connectivity index (χ2v) is 18.3. The first-order valence-electron chi connectivity index (χ1n) is 18.5. The fraction of sp³-hybridized carbons (Fsp3) is 0.805. The number of nitriles is 1. The smallest absolute Gasteiger partial charge is 0.220 e. The molecule has 2 fully saturated rings. The van der Waals surface area contributed by atoms with Gasteiger partial charge < -0.3 is 5.32 Å². The molecule has 0 bridgehead atoms. The summed E-state index contributed by atoms with van der Waals surface area (Å²) in [4.78, 5) is 40.5. The Morgan fingerprint density at radius 1 is 0.978 bits per heavy atom. The minimum Gasteiger partial charge on any atom is -0.353 e. The van der Waals surface area contributed by atoms with E-state index in [4.69, 9.17) is 0 Å². The average molecular weight is 633 g/mol. The van der Waals surface area contributed by atoms with Crippen LogP contribution in [0.4, 0.5) is 0 Å². The van der Waals surface area contributed by atoms with Gasteiger partial charge in [0, 0.05) is 29.2 Å². The van der Waals surface area contributed by atoms with Gasteiger partial charge in [0.15, 0.2) is 11.6 Å². The van der Waals surface area contributed by atoms with Crippen molar-refractivity contribution in [2.24, 2.45) is 44.3 Å². The molecule has 1 amide bonds. The van der Waals surface area contributed by atoms with Crippen molar-refractivity contribution in [3.8, 4) is 6.07 Å². The molecule has 0 aliphatic heterocycles. The Hall–Kier alpha value is -2.22. The summed E-state index contributed by atoms with van der Waals surface area (Å²) < 4.78 is 0. The topological polar surface area (TPSA) is 87.0 Å². The molecule has 0 saturated heterocycles. The summed E-state index contributed by atoms with van der Waals surface area (Å²) in [6, 6.07) is 2.54. The fourth-order valence-electron chi connectivity index (χ4n) is 10.1. The highest BCUT2D eigenvalue weighted by molar-refractivity contribution is 6.04. The number of fused-ring (bicyclic) bond motifs is 3. The molecule has 0 spiro atoms. The molecule has 0 heterocycles. The molecular formula is C41H64N2O3. The number of carbonyl (C=O) groups excluding carboxylic acids is 3. The summed E-state index contributed by atoms with van der Waals surface area (Å²) in [5.41, 5.74) is -0.153. The number of hydrogen-bond donors (Lipinski definition) is 1. The van der Waals surface area contributed by atoms with Gasteiger partial charge in [0.05, 0.1) is 5.57 Å². The molecule has 1 N–H and O–H groups in total. The highest BCUT2D eigenvalue weighted by atomic mass is 16.1. The van der Waals surface area contributed by atoms with Crippen LogP contribution in [0.1, 0.15) is 159 Å². The lowest BCUT2D eigenvalue weighted by Gasteiger charge is -2.64. The van der Waals surface area contributed by atoms with Crippen molar-refractivity contribution in [2.75, 3.05) is 0 Å². The lowest BCUT2D eigenvalue weighted by atomic mass is 9.39. The molecule has 1 unspecified atom stereocenters. The second-order valence-electron chi connectivity index (χ2n) is 18.3. The van der Waals surface area contributed by atoms with E-state index in [2.05, 4.69) is 66.8 Å². The first kappa shape index (κ1) is 36.6. The van der Waals surface area contributed by atoms with Crippen molar-refractivity contribution in [1.82, 2.24) is 5.32 Å². The van der Waals surface area contributed by atoms with Crippen LogP contribution in [0.15, 0.2) is 23.3 Å². The van der Waals surface area contributed by atoms with Gasteiger partial charge in [-0.1, -0.05) is 107 Å². The number of rotatable bonds is 11. The molecule has 5 heteroatoms. The van der Waals surface area contributed by atoms with Crippen LogP contribution in [0.2, 0.25) is 0 Å². The standard InChI is InChI=1S/C41H64N2O3/c1-11-36(3,4)21-22-38(7,19-18-34(45)43-30-15-13-12-14-16-30)23-24-40(9)28(2)31(44)25-33-39(8)26-29(27-42)35(46)37(5,6)32(39)17-20-41(33,40)10/h25-26,28,30,32H,11-24H2,1-10H3,(H,43,45)/t28?,32-,38-,39-,40+,41+/m0/s1. The first-order valence-corrected chi connectivity index (χ1v) is 18.5. The van der Waals surface area contributed by atoms with Gasteiger partial charge in [-0.2, -0.15) is 5.26 Å². The van der Waals surface area contributed by atoms with Crippen LogP contribution in [0.5, 0.6) is 0 Å². The minimum atomic E-state index is -0.665. The van der Waals surface area contributed by atoms with E-state index in [-0.39, 0.29) is 56.5 Å². The van der Waals surface area contributed by atoms with E-state index in [1.54, 1.807) is 0 Å². The Morgan fingerprint density at radius 2 is 1.63 bits per heavy atom. The van der Waals surface area contributed by atoms with Gasteiger partial charge in [-0.15, -0.1) is 0 Å². The zero-order chi connectivity index (χ0) is 34.3. The van der Waals surface area contributed by atoms with Crippen LogP contribution in [0, 0.1) is 55.7 Å². The molecule has 0 aromatic carbocycles. The Bertz CT molecular complexity index is 1310. The van der Waals surface area contributed by atoms with Gasteiger partial charge in [-0.3, -0.25) is 14.4 Å². The maximum Gasteiger partial charge on any atom is 0.220 e. The fourth-order valence-corrected chi connectivity index (χ4v) is 10.1. The Balaban J connectivity index is 1.63. The minimum absolute atomic E-state index is 0.0198. The van der Waals surface area contributed by atoms with Gasteiger partial charge in [-0.05, 0) is 91.4 Å². The molecule has 0 aromatic heterocycles. The summed E-state index contributed by atoms with van der Waals surface area (Å²) in [6.45, 7) is 22.3. The molecule has 46 heavy (non-hydrogen) atoms. The van der Waals surface area contributed by atoms with E-state index in [0.29, 0.717) is 12.5 Å². The van der Waals surface area contributed by atoms with E-state index in [9.17, 15) is 19.6 Å². The van der Waals surface area contributed by atoms with Crippen molar-refractivity contribution in [1.29, 1.82) is 5.26 Å². The van der Waals surface area contributed by atoms with Gasteiger partial charge in [0.25, 0.3) is 0 Å². The molecule has 6 atom stereocenters. The van der Waals surface area contributed by atoms with Gasteiger partial charge in [0.1, 0.15) is 6.07 Å². The van der Waals surface area contributed by atoms with Crippen molar-refractivity contribution in [2.45, 2.75) is 165 Å².